The summed E-state index contributed by atoms with van der Waals surface area (Å²) in [4.78, 5) is 16.0. The van der Waals surface area contributed by atoms with Gasteiger partial charge in [-0.3, -0.25) is 4.84 Å². The normalized spacial score (nSPS) is 10.4. The van der Waals surface area contributed by atoms with Gasteiger partial charge in [0.2, 0.25) is 0 Å². The third kappa shape index (κ3) is 3.88. The SMILES string of the molecule is O=C(O)c1ccc(F)c(CNOCc2ccccc2)c1. The van der Waals surface area contributed by atoms with Gasteiger partial charge in [-0.2, -0.15) is 5.48 Å². The van der Waals surface area contributed by atoms with E-state index in [9.17, 15) is 9.18 Å². The van der Waals surface area contributed by atoms with Gasteiger partial charge in [0, 0.05) is 12.1 Å². The Hall–Kier alpha value is -2.24. The molecule has 0 atom stereocenters. The van der Waals surface area contributed by atoms with Crippen LogP contribution in [0.1, 0.15) is 21.5 Å². The van der Waals surface area contributed by atoms with E-state index < -0.39 is 11.8 Å². The molecular formula is C15H14FNO3. The lowest BCUT2D eigenvalue weighted by atomic mass is 10.1. The molecule has 0 aromatic heterocycles. The highest BCUT2D eigenvalue weighted by molar-refractivity contribution is 5.87. The van der Waals surface area contributed by atoms with Gasteiger partial charge in [0.1, 0.15) is 5.82 Å². The summed E-state index contributed by atoms with van der Waals surface area (Å²) in [5.74, 6) is -1.55. The first-order valence-corrected chi connectivity index (χ1v) is 6.07. The van der Waals surface area contributed by atoms with Crippen molar-refractivity contribution in [3.63, 3.8) is 0 Å². The van der Waals surface area contributed by atoms with Crippen LogP contribution in [0.15, 0.2) is 48.5 Å². The van der Waals surface area contributed by atoms with Gasteiger partial charge < -0.3 is 5.11 Å². The Morgan fingerprint density at radius 1 is 1.20 bits per heavy atom. The van der Waals surface area contributed by atoms with Gasteiger partial charge in [-0.1, -0.05) is 30.3 Å². The van der Waals surface area contributed by atoms with E-state index in [1.54, 1.807) is 0 Å². The van der Waals surface area contributed by atoms with Crippen LogP contribution in [0, 0.1) is 5.82 Å². The summed E-state index contributed by atoms with van der Waals surface area (Å²) in [5, 5.41) is 8.85. The van der Waals surface area contributed by atoms with Crippen LogP contribution < -0.4 is 5.48 Å². The first kappa shape index (κ1) is 14.2. The molecule has 0 bridgehead atoms. The molecule has 0 aliphatic rings. The lowest BCUT2D eigenvalue weighted by Crippen LogP contribution is -2.15. The van der Waals surface area contributed by atoms with E-state index in [0.29, 0.717) is 6.61 Å². The average molecular weight is 275 g/mol. The molecule has 2 aromatic carbocycles. The van der Waals surface area contributed by atoms with Gasteiger partial charge in [0.15, 0.2) is 0 Å². The zero-order valence-electron chi connectivity index (χ0n) is 10.7. The second kappa shape index (κ2) is 6.79. The van der Waals surface area contributed by atoms with Gasteiger partial charge in [-0.15, -0.1) is 0 Å². The van der Waals surface area contributed by atoms with E-state index in [-0.39, 0.29) is 17.7 Å². The van der Waals surface area contributed by atoms with Crippen molar-refractivity contribution in [2.45, 2.75) is 13.2 Å². The molecule has 0 amide bonds. The van der Waals surface area contributed by atoms with Crippen LogP contribution in [-0.2, 0) is 18.0 Å². The Balaban J connectivity index is 1.88. The van der Waals surface area contributed by atoms with E-state index in [0.717, 1.165) is 11.6 Å². The van der Waals surface area contributed by atoms with E-state index in [2.05, 4.69) is 5.48 Å². The van der Waals surface area contributed by atoms with Crippen LogP contribution in [0.3, 0.4) is 0 Å². The Labute approximate surface area is 115 Å². The van der Waals surface area contributed by atoms with Crippen LogP contribution in [0.2, 0.25) is 0 Å². The van der Waals surface area contributed by atoms with Gasteiger partial charge in [0.05, 0.1) is 12.2 Å². The zero-order chi connectivity index (χ0) is 14.4. The number of carbonyl (C=O) groups is 1. The predicted molar refractivity (Wildman–Crippen MR) is 71.4 cm³/mol. The van der Waals surface area contributed by atoms with Gasteiger partial charge >= 0.3 is 5.97 Å². The Morgan fingerprint density at radius 2 is 1.95 bits per heavy atom. The molecule has 2 N–H and O–H groups in total. The number of halogens is 1. The molecule has 0 saturated carbocycles. The number of hydrogen-bond acceptors (Lipinski definition) is 3. The topological polar surface area (TPSA) is 58.6 Å². The molecule has 20 heavy (non-hydrogen) atoms. The van der Waals surface area contributed by atoms with Gasteiger partial charge in [-0.25, -0.2) is 9.18 Å². The van der Waals surface area contributed by atoms with Crippen LogP contribution in [-0.4, -0.2) is 11.1 Å². The maximum atomic E-state index is 13.5. The minimum absolute atomic E-state index is 0.0475. The molecule has 0 aliphatic heterocycles. The van der Waals surface area contributed by atoms with Crippen molar-refractivity contribution in [1.29, 1.82) is 0 Å². The largest absolute Gasteiger partial charge is 0.478 e. The average Bonchev–Trinajstić information content (AvgIpc) is 2.46. The highest BCUT2D eigenvalue weighted by Crippen LogP contribution is 2.11. The van der Waals surface area contributed by atoms with Crippen molar-refractivity contribution < 1.29 is 19.1 Å². The molecule has 0 unspecified atom stereocenters. The van der Waals surface area contributed by atoms with Crippen molar-refractivity contribution in [3.8, 4) is 0 Å². The molecule has 104 valence electrons. The Morgan fingerprint density at radius 3 is 2.65 bits per heavy atom. The number of carboxylic acids is 1. The van der Waals surface area contributed by atoms with E-state index in [4.69, 9.17) is 9.94 Å². The molecule has 2 rings (SSSR count). The highest BCUT2D eigenvalue weighted by Gasteiger charge is 2.08. The monoisotopic (exact) mass is 275 g/mol. The van der Waals surface area contributed by atoms with Crippen molar-refractivity contribution in [2.75, 3.05) is 0 Å². The summed E-state index contributed by atoms with van der Waals surface area (Å²) in [6.45, 7) is 0.445. The van der Waals surface area contributed by atoms with Crippen molar-refractivity contribution in [1.82, 2.24) is 5.48 Å². The first-order valence-electron chi connectivity index (χ1n) is 6.07. The molecule has 0 radical (unpaired) electrons. The summed E-state index contributed by atoms with van der Waals surface area (Å²) < 4.78 is 13.5. The maximum Gasteiger partial charge on any atom is 0.335 e. The molecule has 0 heterocycles. The summed E-state index contributed by atoms with van der Waals surface area (Å²) in [5.41, 5.74) is 3.91. The zero-order valence-corrected chi connectivity index (χ0v) is 10.7. The molecule has 0 saturated heterocycles. The smallest absolute Gasteiger partial charge is 0.335 e. The predicted octanol–water partition coefficient (Wildman–Crippen LogP) is 2.75. The maximum absolute atomic E-state index is 13.5. The molecule has 0 fully saturated rings. The molecular weight excluding hydrogens is 261 g/mol. The second-order valence-electron chi connectivity index (χ2n) is 4.21. The number of benzene rings is 2. The van der Waals surface area contributed by atoms with Crippen LogP contribution >= 0.6 is 0 Å². The minimum Gasteiger partial charge on any atom is -0.478 e. The Kier molecular flexibility index (Phi) is 4.81. The Bertz CT molecular complexity index is 587. The fourth-order valence-electron chi connectivity index (χ4n) is 1.68. The second-order valence-corrected chi connectivity index (χ2v) is 4.21. The highest BCUT2D eigenvalue weighted by atomic mass is 19.1. The number of aromatic carboxylic acids is 1. The molecule has 2 aromatic rings. The lowest BCUT2D eigenvalue weighted by molar-refractivity contribution is 0.0229. The minimum atomic E-state index is -1.09. The van der Waals surface area contributed by atoms with E-state index >= 15 is 0 Å². The van der Waals surface area contributed by atoms with Gasteiger partial charge in [0.25, 0.3) is 0 Å². The summed E-state index contributed by atoms with van der Waals surface area (Å²) in [7, 11) is 0. The standard InChI is InChI=1S/C15H14FNO3/c16-14-7-6-12(15(18)19)8-13(14)9-17-20-10-11-4-2-1-3-5-11/h1-8,17H,9-10H2,(H,18,19). The number of hydroxylamine groups is 1. The number of carboxylic acid groups (broad SMARTS) is 1. The fraction of sp³-hybridized carbons (Fsp3) is 0.133. The third-order valence-corrected chi connectivity index (χ3v) is 2.74. The van der Waals surface area contributed by atoms with Crippen molar-refractivity contribution in [3.05, 3.63) is 71.0 Å². The van der Waals surface area contributed by atoms with Crippen molar-refractivity contribution in [2.24, 2.45) is 0 Å². The number of nitrogens with one attached hydrogen (secondary N) is 1. The van der Waals surface area contributed by atoms with Crippen LogP contribution in [0.25, 0.3) is 0 Å². The van der Waals surface area contributed by atoms with Crippen LogP contribution in [0.4, 0.5) is 4.39 Å². The van der Waals surface area contributed by atoms with Crippen LogP contribution in [0.5, 0.6) is 0 Å². The number of hydrogen-bond donors (Lipinski definition) is 2. The summed E-state index contributed by atoms with van der Waals surface area (Å²) in [6.07, 6.45) is 0. The van der Waals surface area contributed by atoms with E-state index in [1.807, 2.05) is 30.3 Å². The third-order valence-electron chi connectivity index (χ3n) is 2.74. The molecule has 5 heteroatoms. The molecule has 0 spiro atoms. The first-order chi connectivity index (χ1) is 9.66. The summed E-state index contributed by atoms with van der Waals surface area (Å²) in [6, 6.07) is 13.2. The quantitative estimate of drug-likeness (QED) is 0.628. The molecule has 4 nitrogen and oxygen atoms in total. The molecule has 0 aliphatic carbocycles. The van der Waals surface area contributed by atoms with E-state index in [1.165, 1.54) is 12.1 Å². The number of rotatable bonds is 6. The lowest BCUT2D eigenvalue weighted by Gasteiger charge is -2.07. The van der Waals surface area contributed by atoms with Crippen molar-refractivity contribution >= 4 is 5.97 Å². The summed E-state index contributed by atoms with van der Waals surface area (Å²) >= 11 is 0. The van der Waals surface area contributed by atoms with Gasteiger partial charge in [-0.05, 0) is 23.8 Å². The fourth-order valence-corrected chi connectivity index (χ4v) is 1.68.